The van der Waals surface area contributed by atoms with Crippen LogP contribution in [-0.4, -0.2) is 22.6 Å². The van der Waals surface area contributed by atoms with Crippen molar-refractivity contribution in [2.24, 2.45) is 7.05 Å². The molecule has 0 fully saturated rings. The highest BCUT2D eigenvalue weighted by molar-refractivity contribution is 5.76. The van der Waals surface area contributed by atoms with Crippen LogP contribution in [0.5, 0.6) is 0 Å². The summed E-state index contributed by atoms with van der Waals surface area (Å²) >= 11 is 0. The lowest BCUT2D eigenvalue weighted by molar-refractivity contribution is -0.112. The Morgan fingerprint density at radius 3 is 2.88 bits per heavy atom. The third-order valence-corrected chi connectivity index (χ3v) is 5.16. The molecular formula is C20H25FN4O. The van der Waals surface area contributed by atoms with Crippen molar-refractivity contribution in [2.45, 2.75) is 38.5 Å². The van der Waals surface area contributed by atoms with Crippen molar-refractivity contribution in [3.63, 3.8) is 0 Å². The maximum atomic E-state index is 13.3. The van der Waals surface area contributed by atoms with Crippen LogP contribution in [0.25, 0.3) is 6.08 Å². The molecule has 26 heavy (non-hydrogen) atoms. The summed E-state index contributed by atoms with van der Waals surface area (Å²) in [6.07, 6.45) is 7.94. The Kier molecular flexibility index (Phi) is 4.85. The van der Waals surface area contributed by atoms with Gasteiger partial charge < -0.3 is 15.8 Å². The first-order chi connectivity index (χ1) is 12.4. The van der Waals surface area contributed by atoms with Gasteiger partial charge in [-0.25, -0.2) is 4.39 Å². The average molecular weight is 356 g/mol. The molecule has 3 N–H and O–H groups in total. The van der Waals surface area contributed by atoms with Gasteiger partial charge in [0.1, 0.15) is 17.9 Å². The summed E-state index contributed by atoms with van der Waals surface area (Å²) in [5.41, 5.74) is 10.0. The summed E-state index contributed by atoms with van der Waals surface area (Å²) in [6.45, 7) is 4.47. The van der Waals surface area contributed by atoms with Gasteiger partial charge in [-0.3, -0.25) is 4.68 Å². The average Bonchev–Trinajstić information content (AvgIpc) is 2.91. The van der Waals surface area contributed by atoms with Crippen LogP contribution in [0.2, 0.25) is 0 Å². The molecule has 0 saturated carbocycles. The maximum Gasteiger partial charge on any atom is 0.130 e. The van der Waals surface area contributed by atoms with Crippen LogP contribution < -0.4 is 11.1 Å². The van der Waals surface area contributed by atoms with E-state index in [1.54, 1.807) is 4.68 Å². The smallest absolute Gasteiger partial charge is 0.130 e. The second-order valence-corrected chi connectivity index (χ2v) is 7.17. The topological polar surface area (TPSA) is 72.9 Å². The number of carbonyl (C=O) groups is 1. The first-order valence-electron chi connectivity index (χ1n) is 8.84. The molecule has 5 nitrogen and oxygen atoms in total. The number of aromatic nitrogens is 2. The second-order valence-electron chi connectivity index (χ2n) is 7.17. The predicted octanol–water partition coefficient (Wildman–Crippen LogP) is 3.37. The van der Waals surface area contributed by atoms with Crippen LogP contribution in [0, 0.1) is 12.7 Å². The van der Waals surface area contributed by atoms with Crippen LogP contribution in [0.15, 0.2) is 18.2 Å². The third-order valence-electron chi connectivity index (χ3n) is 5.16. The number of allylic oxidation sites excluding steroid dienone is 1. The molecule has 0 spiro atoms. The predicted molar refractivity (Wildman–Crippen MR) is 103 cm³/mol. The molecular weight excluding hydrogens is 331 g/mol. The van der Waals surface area contributed by atoms with Crippen LogP contribution in [0.3, 0.4) is 0 Å². The van der Waals surface area contributed by atoms with Gasteiger partial charge in [0.2, 0.25) is 0 Å². The number of aryl methyl sites for hydroxylation is 3. The molecule has 4 rings (SSSR count). The van der Waals surface area contributed by atoms with E-state index in [1.165, 1.54) is 12.1 Å². The number of nitrogen functional groups attached to an aromatic ring is 1. The number of aldehydes is 1. The van der Waals surface area contributed by atoms with Crippen molar-refractivity contribution in [3.8, 4) is 0 Å². The number of nitrogens with zero attached hydrogens (tertiary/aromatic N) is 2. The van der Waals surface area contributed by atoms with Crippen molar-refractivity contribution < 1.29 is 9.18 Å². The molecule has 2 aromatic rings. The minimum absolute atomic E-state index is 0.275. The Balaban J connectivity index is 0.000000158. The highest BCUT2D eigenvalue weighted by atomic mass is 19.1. The fourth-order valence-corrected chi connectivity index (χ4v) is 3.53. The molecule has 2 aliphatic rings. The largest absolute Gasteiger partial charge is 0.385 e. The molecule has 0 radical (unpaired) electrons. The van der Waals surface area contributed by atoms with E-state index in [2.05, 4.69) is 22.6 Å². The lowest BCUT2D eigenvalue weighted by Gasteiger charge is -2.32. The summed E-state index contributed by atoms with van der Waals surface area (Å²) in [5.74, 6) is 0.499. The van der Waals surface area contributed by atoms with Gasteiger partial charge >= 0.3 is 0 Å². The third kappa shape index (κ3) is 3.23. The van der Waals surface area contributed by atoms with E-state index in [9.17, 15) is 9.18 Å². The number of fused-ring (bicyclic) bond motifs is 2. The van der Waals surface area contributed by atoms with Crippen molar-refractivity contribution in [3.05, 3.63) is 46.4 Å². The molecule has 0 bridgehead atoms. The Bertz CT molecular complexity index is 871. The van der Waals surface area contributed by atoms with Crippen LogP contribution in [0.4, 0.5) is 15.9 Å². The molecule has 1 aromatic heterocycles. The van der Waals surface area contributed by atoms with E-state index < -0.39 is 5.41 Å². The van der Waals surface area contributed by atoms with Crippen molar-refractivity contribution in [2.75, 3.05) is 17.6 Å². The van der Waals surface area contributed by atoms with Gasteiger partial charge in [0.05, 0.1) is 11.1 Å². The number of rotatable bonds is 1. The molecule has 0 saturated heterocycles. The minimum Gasteiger partial charge on any atom is -0.385 e. The Morgan fingerprint density at radius 1 is 1.42 bits per heavy atom. The molecule has 1 aliphatic carbocycles. The van der Waals surface area contributed by atoms with Gasteiger partial charge in [-0.1, -0.05) is 12.2 Å². The van der Waals surface area contributed by atoms with Gasteiger partial charge in [-0.15, -0.1) is 0 Å². The highest BCUT2D eigenvalue weighted by Gasteiger charge is 2.32. The van der Waals surface area contributed by atoms with Crippen LogP contribution >= 0.6 is 0 Å². The molecule has 1 unspecified atom stereocenters. The number of hydrogen-bond donors (Lipinski definition) is 2. The standard InChI is InChI=1S/C12H14FNO.C8H11N3/c1-8-5-9(13)6-10-11(8)14-4-3-12(10,2)7-15;1-11-8(9)6-4-2-3-5-7(6)10-11/h5-7,14H,3-4H2,1-2H3;2,4H,3,5,9H2,1H3. The number of nitrogens with one attached hydrogen (secondary N) is 1. The Hall–Kier alpha value is -2.63. The highest BCUT2D eigenvalue weighted by Crippen LogP contribution is 2.37. The summed E-state index contributed by atoms with van der Waals surface area (Å²) in [7, 11) is 1.88. The monoisotopic (exact) mass is 356 g/mol. The van der Waals surface area contributed by atoms with Crippen molar-refractivity contribution in [1.82, 2.24) is 9.78 Å². The lowest BCUT2D eigenvalue weighted by Crippen LogP contribution is -2.33. The van der Waals surface area contributed by atoms with Crippen LogP contribution in [-0.2, 0) is 23.7 Å². The molecule has 6 heteroatoms. The molecule has 1 aromatic carbocycles. The maximum absolute atomic E-state index is 13.3. The zero-order valence-corrected chi connectivity index (χ0v) is 15.5. The molecule has 138 valence electrons. The summed E-state index contributed by atoms with van der Waals surface area (Å²) < 4.78 is 15.0. The molecule has 1 atom stereocenters. The van der Waals surface area contributed by atoms with E-state index in [0.29, 0.717) is 6.42 Å². The number of benzene rings is 1. The van der Waals surface area contributed by atoms with Gasteiger partial charge in [-0.05, 0) is 56.4 Å². The SMILES string of the molecule is Cc1cc(F)cc2c1NCCC2(C)C=O.Cn1nc2c(c1N)C=CCC2. The van der Waals surface area contributed by atoms with E-state index in [-0.39, 0.29) is 5.82 Å². The number of carbonyl (C=O) groups excluding carboxylic acids is 1. The fraction of sp³-hybridized carbons (Fsp3) is 0.400. The van der Waals surface area contributed by atoms with Gasteiger partial charge in [0, 0.05) is 24.8 Å². The van der Waals surface area contributed by atoms with E-state index in [4.69, 9.17) is 5.73 Å². The molecule has 0 amide bonds. The normalized spacial score (nSPS) is 20.3. The molecule has 1 aliphatic heterocycles. The fourth-order valence-electron chi connectivity index (χ4n) is 3.53. The Morgan fingerprint density at radius 2 is 2.19 bits per heavy atom. The Labute approximate surface area is 153 Å². The minimum atomic E-state index is -0.548. The number of hydrogen-bond acceptors (Lipinski definition) is 4. The first-order valence-corrected chi connectivity index (χ1v) is 8.84. The van der Waals surface area contributed by atoms with E-state index in [0.717, 1.165) is 59.6 Å². The van der Waals surface area contributed by atoms with E-state index >= 15 is 0 Å². The second kappa shape index (κ2) is 6.94. The zero-order chi connectivity index (χ0) is 18.9. The zero-order valence-electron chi connectivity index (χ0n) is 15.5. The molecule has 2 heterocycles. The quantitative estimate of drug-likeness (QED) is 0.769. The van der Waals surface area contributed by atoms with Gasteiger partial charge in [-0.2, -0.15) is 5.10 Å². The van der Waals surface area contributed by atoms with Gasteiger partial charge in [0.15, 0.2) is 0 Å². The number of nitrogens with two attached hydrogens (primary N) is 1. The first kappa shape index (κ1) is 18.2. The summed E-state index contributed by atoms with van der Waals surface area (Å²) in [4.78, 5) is 11.1. The van der Waals surface area contributed by atoms with Crippen molar-refractivity contribution in [1.29, 1.82) is 0 Å². The number of anilines is 2. The van der Waals surface area contributed by atoms with E-state index in [1.807, 2.05) is 20.9 Å². The van der Waals surface area contributed by atoms with Gasteiger partial charge in [0.25, 0.3) is 0 Å². The number of halogens is 1. The summed E-state index contributed by atoms with van der Waals surface area (Å²) in [5, 5.41) is 7.51. The summed E-state index contributed by atoms with van der Waals surface area (Å²) in [6, 6.07) is 2.95. The lowest BCUT2D eigenvalue weighted by atomic mass is 9.77. The van der Waals surface area contributed by atoms with Crippen molar-refractivity contribution >= 4 is 23.9 Å². The van der Waals surface area contributed by atoms with Crippen LogP contribution in [0.1, 0.15) is 42.1 Å².